The van der Waals surface area contributed by atoms with E-state index in [1.807, 2.05) is 29.2 Å². The Morgan fingerprint density at radius 1 is 1.35 bits per heavy atom. The van der Waals surface area contributed by atoms with Crippen LogP contribution in [0, 0.1) is 11.3 Å². The van der Waals surface area contributed by atoms with Gasteiger partial charge in [0.1, 0.15) is 6.07 Å². The van der Waals surface area contributed by atoms with Crippen LogP contribution >= 0.6 is 0 Å². The molecule has 0 aliphatic carbocycles. The van der Waals surface area contributed by atoms with Crippen LogP contribution in [0.1, 0.15) is 41.6 Å². The van der Waals surface area contributed by atoms with Crippen LogP contribution in [-0.4, -0.2) is 42.1 Å². The summed E-state index contributed by atoms with van der Waals surface area (Å²) in [4.78, 5) is 19.4. The number of ether oxygens (including phenoxy) is 1. The van der Waals surface area contributed by atoms with Gasteiger partial charge in [-0.2, -0.15) is 5.26 Å². The third-order valence-corrected chi connectivity index (χ3v) is 4.85. The molecule has 3 rings (SSSR count). The minimum Gasteiger partial charge on any atom is -0.385 e. The van der Waals surface area contributed by atoms with Crippen molar-refractivity contribution in [3.8, 4) is 17.3 Å². The zero-order chi connectivity index (χ0) is 18.4. The first kappa shape index (κ1) is 18.1. The topological polar surface area (TPSA) is 66.2 Å². The first-order chi connectivity index (χ1) is 12.7. The van der Waals surface area contributed by atoms with Crippen LogP contribution in [-0.2, 0) is 4.74 Å². The highest BCUT2D eigenvalue weighted by Gasteiger charge is 2.27. The fraction of sp³-hybridized carbons (Fsp3) is 0.381. The summed E-state index contributed by atoms with van der Waals surface area (Å²) >= 11 is 0. The SMILES string of the molecule is COCC[C@H]1CCCCN1C(=O)c1cccc(-c2ncccc2C#N)c1. The van der Waals surface area contributed by atoms with Gasteiger partial charge in [0.15, 0.2) is 0 Å². The number of methoxy groups -OCH3 is 1. The van der Waals surface area contributed by atoms with Gasteiger partial charge >= 0.3 is 0 Å². The normalized spacial score (nSPS) is 16.9. The molecule has 0 bridgehead atoms. The first-order valence-electron chi connectivity index (χ1n) is 9.00. The summed E-state index contributed by atoms with van der Waals surface area (Å²) in [5.74, 6) is 0.0436. The fourth-order valence-corrected chi connectivity index (χ4v) is 3.51. The van der Waals surface area contributed by atoms with E-state index in [9.17, 15) is 10.1 Å². The number of hydrogen-bond acceptors (Lipinski definition) is 4. The van der Waals surface area contributed by atoms with E-state index in [1.165, 1.54) is 0 Å². The lowest BCUT2D eigenvalue weighted by molar-refractivity contribution is 0.0553. The van der Waals surface area contributed by atoms with E-state index in [-0.39, 0.29) is 11.9 Å². The number of amides is 1. The molecule has 1 fully saturated rings. The largest absolute Gasteiger partial charge is 0.385 e. The van der Waals surface area contributed by atoms with E-state index in [0.29, 0.717) is 23.4 Å². The maximum atomic E-state index is 13.1. The molecular formula is C21H23N3O2. The van der Waals surface area contributed by atoms with Crippen molar-refractivity contribution >= 4 is 5.91 Å². The Kier molecular flexibility index (Phi) is 5.98. The molecule has 134 valence electrons. The molecule has 5 heteroatoms. The molecule has 1 saturated heterocycles. The second-order valence-electron chi connectivity index (χ2n) is 6.52. The highest BCUT2D eigenvalue weighted by molar-refractivity contribution is 5.95. The Bertz CT molecular complexity index is 813. The molecule has 0 spiro atoms. The molecule has 1 aliphatic heterocycles. The summed E-state index contributed by atoms with van der Waals surface area (Å²) in [7, 11) is 1.69. The second-order valence-corrected chi connectivity index (χ2v) is 6.52. The van der Waals surface area contributed by atoms with Crippen molar-refractivity contribution in [1.82, 2.24) is 9.88 Å². The molecule has 26 heavy (non-hydrogen) atoms. The number of nitrogens with zero attached hydrogens (tertiary/aromatic N) is 3. The van der Waals surface area contributed by atoms with Crippen LogP contribution in [0.15, 0.2) is 42.6 Å². The Hall–Kier alpha value is -2.71. The molecule has 0 N–H and O–H groups in total. The Labute approximate surface area is 154 Å². The van der Waals surface area contributed by atoms with Crippen LogP contribution in [0.5, 0.6) is 0 Å². The lowest BCUT2D eigenvalue weighted by Gasteiger charge is -2.36. The number of hydrogen-bond donors (Lipinski definition) is 0. The van der Waals surface area contributed by atoms with Gasteiger partial charge in [-0.1, -0.05) is 12.1 Å². The van der Waals surface area contributed by atoms with Gasteiger partial charge in [-0.25, -0.2) is 0 Å². The highest BCUT2D eigenvalue weighted by atomic mass is 16.5. The van der Waals surface area contributed by atoms with Crippen molar-refractivity contribution in [3.05, 3.63) is 53.7 Å². The van der Waals surface area contributed by atoms with Gasteiger partial charge in [-0.3, -0.25) is 9.78 Å². The van der Waals surface area contributed by atoms with Crippen LogP contribution < -0.4 is 0 Å². The number of pyridine rings is 1. The van der Waals surface area contributed by atoms with Crippen molar-refractivity contribution in [3.63, 3.8) is 0 Å². The predicted octanol–water partition coefficient (Wildman–Crippen LogP) is 3.65. The summed E-state index contributed by atoms with van der Waals surface area (Å²) in [6, 6.07) is 13.3. The Morgan fingerprint density at radius 2 is 2.23 bits per heavy atom. The van der Waals surface area contributed by atoms with Gasteiger partial charge in [0, 0.05) is 43.6 Å². The van der Waals surface area contributed by atoms with Gasteiger partial charge in [0.25, 0.3) is 5.91 Å². The van der Waals surface area contributed by atoms with E-state index in [2.05, 4.69) is 11.1 Å². The first-order valence-corrected chi connectivity index (χ1v) is 9.00. The molecule has 0 radical (unpaired) electrons. The maximum absolute atomic E-state index is 13.1. The van der Waals surface area contributed by atoms with Gasteiger partial charge in [0.05, 0.1) is 11.3 Å². The minimum absolute atomic E-state index is 0.0436. The van der Waals surface area contributed by atoms with Gasteiger partial charge in [-0.05, 0) is 49.9 Å². The smallest absolute Gasteiger partial charge is 0.254 e. The predicted molar refractivity (Wildman–Crippen MR) is 99.6 cm³/mol. The molecule has 1 amide bonds. The van der Waals surface area contributed by atoms with Crippen molar-refractivity contribution in [2.75, 3.05) is 20.3 Å². The standard InChI is InChI=1S/C21H23N3O2/c1-26-13-10-19-9-2-3-12-24(19)21(25)17-7-4-6-16(14-17)20-18(15-22)8-5-11-23-20/h4-8,11,14,19H,2-3,9-10,12-13H2,1H3/t19-/m1/s1. The minimum atomic E-state index is 0.0436. The van der Waals surface area contributed by atoms with Crippen LogP contribution in [0.2, 0.25) is 0 Å². The molecule has 2 aromatic rings. The maximum Gasteiger partial charge on any atom is 0.254 e. The number of carbonyl (C=O) groups excluding carboxylic acids is 1. The molecule has 1 atom stereocenters. The zero-order valence-electron chi connectivity index (χ0n) is 15.0. The van der Waals surface area contributed by atoms with Crippen LogP contribution in [0.25, 0.3) is 11.3 Å². The number of nitriles is 1. The van der Waals surface area contributed by atoms with Crippen molar-refractivity contribution in [1.29, 1.82) is 5.26 Å². The fourth-order valence-electron chi connectivity index (χ4n) is 3.51. The molecule has 0 unspecified atom stereocenters. The van der Waals surface area contributed by atoms with E-state index in [1.54, 1.807) is 25.4 Å². The third-order valence-electron chi connectivity index (χ3n) is 4.85. The van der Waals surface area contributed by atoms with E-state index in [4.69, 9.17) is 4.74 Å². The monoisotopic (exact) mass is 349 g/mol. The van der Waals surface area contributed by atoms with Crippen LogP contribution in [0.3, 0.4) is 0 Å². The summed E-state index contributed by atoms with van der Waals surface area (Å²) in [5, 5.41) is 9.30. The lowest BCUT2D eigenvalue weighted by Crippen LogP contribution is -2.44. The number of rotatable bonds is 5. The average molecular weight is 349 g/mol. The number of benzene rings is 1. The average Bonchev–Trinajstić information content (AvgIpc) is 2.72. The Balaban J connectivity index is 1.87. The molecule has 5 nitrogen and oxygen atoms in total. The zero-order valence-corrected chi connectivity index (χ0v) is 15.0. The quantitative estimate of drug-likeness (QED) is 0.826. The number of piperidine rings is 1. The number of carbonyl (C=O) groups is 1. The Morgan fingerprint density at radius 3 is 3.04 bits per heavy atom. The second kappa shape index (κ2) is 8.59. The van der Waals surface area contributed by atoms with E-state index < -0.39 is 0 Å². The molecule has 2 heterocycles. The van der Waals surface area contributed by atoms with E-state index in [0.717, 1.165) is 37.8 Å². The highest BCUT2D eigenvalue weighted by Crippen LogP contribution is 2.25. The van der Waals surface area contributed by atoms with Gasteiger partial charge < -0.3 is 9.64 Å². The molecule has 0 saturated carbocycles. The van der Waals surface area contributed by atoms with Gasteiger partial charge in [-0.15, -0.1) is 0 Å². The van der Waals surface area contributed by atoms with Crippen molar-refractivity contribution < 1.29 is 9.53 Å². The summed E-state index contributed by atoms with van der Waals surface area (Å²) in [6.07, 6.45) is 5.73. The number of aromatic nitrogens is 1. The molecular weight excluding hydrogens is 326 g/mol. The lowest BCUT2D eigenvalue weighted by atomic mass is 9.97. The van der Waals surface area contributed by atoms with Crippen LogP contribution in [0.4, 0.5) is 0 Å². The third kappa shape index (κ3) is 3.92. The van der Waals surface area contributed by atoms with Crippen molar-refractivity contribution in [2.24, 2.45) is 0 Å². The van der Waals surface area contributed by atoms with Gasteiger partial charge in [0.2, 0.25) is 0 Å². The molecule has 1 aromatic heterocycles. The van der Waals surface area contributed by atoms with E-state index >= 15 is 0 Å². The van der Waals surface area contributed by atoms with Crippen molar-refractivity contribution in [2.45, 2.75) is 31.7 Å². The molecule has 1 aromatic carbocycles. The number of likely N-dealkylation sites (tertiary alicyclic amines) is 1. The summed E-state index contributed by atoms with van der Waals surface area (Å²) in [6.45, 7) is 1.44. The summed E-state index contributed by atoms with van der Waals surface area (Å²) in [5.41, 5.74) is 2.55. The summed E-state index contributed by atoms with van der Waals surface area (Å²) < 4.78 is 5.20. The molecule has 1 aliphatic rings.